The summed E-state index contributed by atoms with van der Waals surface area (Å²) < 4.78 is 0. The number of carbonyl (C=O) groups is 1. The normalized spacial score (nSPS) is 17.6. The zero-order valence-corrected chi connectivity index (χ0v) is 5.71. The van der Waals surface area contributed by atoms with Crippen molar-refractivity contribution in [3.8, 4) is 0 Å². The Labute approximate surface area is 59.9 Å². The van der Waals surface area contributed by atoms with Crippen LogP contribution in [0.4, 0.5) is 0 Å². The number of aliphatic hydroxyl groups excluding tert-OH is 1. The van der Waals surface area contributed by atoms with Crippen molar-refractivity contribution in [1.29, 1.82) is 0 Å². The van der Waals surface area contributed by atoms with Crippen LogP contribution in [-0.4, -0.2) is 11.4 Å². The fourth-order valence-corrected chi connectivity index (χ4v) is 1.01. The van der Waals surface area contributed by atoms with E-state index in [9.17, 15) is 4.79 Å². The van der Waals surface area contributed by atoms with Gasteiger partial charge in [-0.3, -0.25) is 0 Å². The van der Waals surface area contributed by atoms with E-state index in [4.69, 9.17) is 5.11 Å². The van der Waals surface area contributed by atoms with Gasteiger partial charge in [0.1, 0.15) is 12.0 Å². The van der Waals surface area contributed by atoms with Crippen molar-refractivity contribution in [2.75, 3.05) is 0 Å². The Morgan fingerprint density at radius 3 is 3.10 bits per heavy atom. The lowest BCUT2D eigenvalue weighted by Gasteiger charge is -2.06. The quantitative estimate of drug-likeness (QED) is 0.590. The average molecular weight is 138 g/mol. The highest BCUT2D eigenvalue weighted by atomic mass is 16.3. The fourth-order valence-electron chi connectivity index (χ4n) is 1.01. The van der Waals surface area contributed by atoms with Gasteiger partial charge in [-0.15, -0.1) is 0 Å². The van der Waals surface area contributed by atoms with Crippen LogP contribution in [0.5, 0.6) is 0 Å². The van der Waals surface area contributed by atoms with Crippen LogP contribution in [0, 0.1) is 0 Å². The SMILES string of the molecule is O=CCC1=CC(O)=CCC1. The van der Waals surface area contributed by atoms with Gasteiger partial charge < -0.3 is 9.90 Å². The number of aldehydes is 1. The zero-order chi connectivity index (χ0) is 7.40. The molecule has 0 unspecified atom stereocenters. The Kier molecular flexibility index (Phi) is 2.26. The molecule has 0 fully saturated rings. The molecule has 1 aliphatic rings. The molecule has 0 radical (unpaired) electrons. The monoisotopic (exact) mass is 138 g/mol. The van der Waals surface area contributed by atoms with Gasteiger partial charge in [-0.25, -0.2) is 0 Å². The molecule has 54 valence electrons. The molecule has 0 aromatic carbocycles. The average Bonchev–Trinajstić information content (AvgIpc) is 1.88. The molecule has 0 aromatic heterocycles. The van der Waals surface area contributed by atoms with E-state index in [0.717, 1.165) is 24.7 Å². The van der Waals surface area contributed by atoms with Crippen molar-refractivity contribution in [2.24, 2.45) is 0 Å². The first-order valence-electron chi connectivity index (χ1n) is 3.35. The lowest BCUT2D eigenvalue weighted by Crippen LogP contribution is -1.92. The molecule has 0 saturated carbocycles. The fraction of sp³-hybridized carbons (Fsp3) is 0.375. The van der Waals surface area contributed by atoms with Crippen molar-refractivity contribution in [2.45, 2.75) is 19.3 Å². The maximum atomic E-state index is 10.0. The Hall–Kier alpha value is -1.05. The highest BCUT2D eigenvalue weighted by molar-refractivity contribution is 5.55. The summed E-state index contributed by atoms with van der Waals surface area (Å²) in [6.07, 6.45) is 6.50. The molecule has 0 saturated heterocycles. The number of carbonyl (C=O) groups excluding carboxylic acids is 1. The molecule has 1 aliphatic carbocycles. The standard InChI is InChI=1S/C8H10O2/c9-5-4-7-2-1-3-8(10)6-7/h3,5-6,10H,1-2,4H2. The molecule has 1 rings (SSSR count). The van der Waals surface area contributed by atoms with Crippen molar-refractivity contribution in [3.05, 3.63) is 23.5 Å². The predicted octanol–water partition coefficient (Wildman–Crippen LogP) is 1.74. The van der Waals surface area contributed by atoms with E-state index in [1.54, 1.807) is 12.2 Å². The number of rotatable bonds is 2. The molecule has 2 heteroatoms. The van der Waals surface area contributed by atoms with Crippen LogP contribution in [0.1, 0.15) is 19.3 Å². The van der Waals surface area contributed by atoms with Gasteiger partial charge in [0.25, 0.3) is 0 Å². The van der Waals surface area contributed by atoms with E-state index in [0.29, 0.717) is 12.2 Å². The second-order valence-corrected chi connectivity index (χ2v) is 2.34. The first-order chi connectivity index (χ1) is 4.83. The molecule has 0 spiro atoms. The second kappa shape index (κ2) is 3.20. The number of allylic oxidation sites excluding steroid dienone is 3. The predicted molar refractivity (Wildman–Crippen MR) is 38.7 cm³/mol. The highest BCUT2D eigenvalue weighted by Gasteiger charge is 2.02. The van der Waals surface area contributed by atoms with Crippen LogP contribution in [-0.2, 0) is 4.79 Å². The minimum absolute atomic E-state index is 0.295. The largest absolute Gasteiger partial charge is 0.508 e. The highest BCUT2D eigenvalue weighted by Crippen LogP contribution is 2.16. The number of aliphatic hydroxyl groups is 1. The third kappa shape index (κ3) is 1.72. The molecule has 2 nitrogen and oxygen atoms in total. The van der Waals surface area contributed by atoms with E-state index in [-0.39, 0.29) is 0 Å². The minimum Gasteiger partial charge on any atom is -0.508 e. The van der Waals surface area contributed by atoms with Gasteiger partial charge in [-0.1, -0.05) is 5.57 Å². The molecule has 10 heavy (non-hydrogen) atoms. The van der Waals surface area contributed by atoms with E-state index in [1.807, 2.05) is 0 Å². The van der Waals surface area contributed by atoms with Crippen LogP contribution in [0.25, 0.3) is 0 Å². The lowest BCUT2D eigenvalue weighted by molar-refractivity contribution is -0.107. The summed E-state index contributed by atoms with van der Waals surface area (Å²) in [4.78, 5) is 10.0. The summed E-state index contributed by atoms with van der Waals surface area (Å²) in [6, 6.07) is 0. The van der Waals surface area contributed by atoms with E-state index < -0.39 is 0 Å². The molecule has 0 heterocycles. The molecule has 0 bridgehead atoms. The lowest BCUT2D eigenvalue weighted by atomic mass is 10.0. The molecule has 0 aliphatic heterocycles. The van der Waals surface area contributed by atoms with E-state index in [1.165, 1.54) is 0 Å². The molecular weight excluding hydrogens is 128 g/mol. The van der Waals surface area contributed by atoms with Gasteiger partial charge in [0.05, 0.1) is 0 Å². The van der Waals surface area contributed by atoms with Gasteiger partial charge in [0.15, 0.2) is 0 Å². The summed E-state index contributed by atoms with van der Waals surface area (Å²) in [5.41, 5.74) is 1.02. The van der Waals surface area contributed by atoms with Crippen LogP contribution in [0.3, 0.4) is 0 Å². The van der Waals surface area contributed by atoms with Gasteiger partial charge in [0.2, 0.25) is 0 Å². The minimum atomic E-state index is 0.295. The van der Waals surface area contributed by atoms with E-state index in [2.05, 4.69) is 0 Å². The smallest absolute Gasteiger partial charge is 0.124 e. The maximum absolute atomic E-state index is 10.0. The van der Waals surface area contributed by atoms with Gasteiger partial charge in [0, 0.05) is 6.42 Å². The topological polar surface area (TPSA) is 37.3 Å². The van der Waals surface area contributed by atoms with Crippen molar-refractivity contribution in [3.63, 3.8) is 0 Å². The first kappa shape index (κ1) is 7.06. The van der Waals surface area contributed by atoms with Gasteiger partial charge in [-0.05, 0) is 25.0 Å². The summed E-state index contributed by atoms with van der Waals surface area (Å²) in [6.45, 7) is 0. The van der Waals surface area contributed by atoms with Gasteiger partial charge in [-0.2, -0.15) is 0 Å². The summed E-state index contributed by atoms with van der Waals surface area (Å²) in [7, 11) is 0. The third-order valence-electron chi connectivity index (χ3n) is 1.52. The Morgan fingerprint density at radius 1 is 1.70 bits per heavy atom. The number of hydrogen-bond acceptors (Lipinski definition) is 2. The van der Waals surface area contributed by atoms with Crippen LogP contribution < -0.4 is 0 Å². The van der Waals surface area contributed by atoms with Crippen LogP contribution in [0.2, 0.25) is 0 Å². The van der Waals surface area contributed by atoms with Crippen molar-refractivity contribution < 1.29 is 9.90 Å². The molecular formula is C8H10O2. The third-order valence-corrected chi connectivity index (χ3v) is 1.52. The van der Waals surface area contributed by atoms with Crippen molar-refractivity contribution in [1.82, 2.24) is 0 Å². The Bertz CT molecular complexity index is 189. The summed E-state index contributed by atoms with van der Waals surface area (Å²) in [5, 5.41) is 8.98. The Balaban J connectivity index is 2.59. The van der Waals surface area contributed by atoms with E-state index >= 15 is 0 Å². The zero-order valence-electron chi connectivity index (χ0n) is 5.71. The van der Waals surface area contributed by atoms with Crippen LogP contribution in [0.15, 0.2) is 23.5 Å². The van der Waals surface area contributed by atoms with Gasteiger partial charge >= 0.3 is 0 Å². The van der Waals surface area contributed by atoms with Crippen LogP contribution >= 0.6 is 0 Å². The molecule has 1 N–H and O–H groups in total. The maximum Gasteiger partial charge on any atom is 0.124 e. The molecule has 0 aromatic rings. The summed E-state index contributed by atoms with van der Waals surface area (Å²) >= 11 is 0. The number of hydrogen-bond donors (Lipinski definition) is 1. The molecule has 0 amide bonds. The van der Waals surface area contributed by atoms with Crippen molar-refractivity contribution >= 4 is 6.29 Å². The first-order valence-corrected chi connectivity index (χ1v) is 3.35. The summed E-state index contributed by atoms with van der Waals surface area (Å²) in [5.74, 6) is 0.295. The second-order valence-electron chi connectivity index (χ2n) is 2.34. The Morgan fingerprint density at radius 2 is 2.50 bits per heavy atom. The molecule has 0 atom stereocenters.